The number of nitrogens with zero attached hydrogens (tertiary/aromatic N) is 4. The number of benzene rings is 2. The predicted molar refractivity (Wildman–Crippen MR) is 205 cm³/mol. The minimum atomic E-state index is -1.07. The van der Waals surface area contributed by atoms with Crippen LogP contribution in [0.1, 0.15) is 46.2 Å². The van der Waals surface area contributed by atoms with Crippen LogP contribution < -0.4 is 35.6 Å². The second-order valence-electron chi connectivity index (χ2n) is 13.2. The monoisotopic (exact) mass is 772 g/mol. The third-order valence-corrected chi connectivity index (χ3v) is 9.11. The topological polar surface area (TPSA) is 160 Å². The van der Waals surface area contributed by atoms with Crippen molar-refractivity contribution in [2.24, 2.45) is 5.41 Å². The van der Waals surface area contributed by atoms with E-state index in [0.29, 0.717) is 46.8 Å². The molecule has 2 aromatic heterocycles. The molecule has 0 spiro atoms. The molecule has 13 nitrogen and oxygen atoms in total. The fraction of sp³-hybridized carbons (Fsp3) is 0.389. The average molecular weight is 774 g/mol. The zero-order valence-electron chi connectivity index (χ0n) is 29.8. The van der Waals surface area contributed by atoms with Gasteiger partial charge in [-0.25, -0.2) is 14.9 Å². The quantitative estimate of drug-likeness (QED) is 0.137. The molecule has 1 saturated heterocycles. The molecular formula is C36H43Cl3N8O5. The summed E-state index contributed by atoms with van der Waals surface area (Å²) in [5.74, 6) is -0.580. The minimum absolute atomic E-state index is 0. The number of likely N-dealkylation sites (N-methyl/N-ethyl adjacent to an activating group) is 1. The van der Waals surface area contributed by atoms with E-state index in [-0.39, 0.29) is 46.4 Å². The van der Waals surface area contributed by atoms with Crippen molar-refractivity contribution in [3.63, 3.8) is 0 Å². The number of carbonyl (C=O) groups is 3. The van der Waals surface area contributed by atoms with Crippen LogP contribution in [0.4, 0.5) is 17.2 Å². The summed E-state index contributed by atoms with van der Waals surface area (Å²) in [5, 5.41) is 13.2. The van der Waals surface area contributed by atoms with Crippen molar-refractivity contribution >= 4 is 81.4 Å². The van der Waals surface area contributed by atoms with Crippen LogP contribution in [-0.2, 0) is 21.0 Å². The van der Waals surface area contributed by atoms with Gasteiger partial charge in [-0.1, -0.05) is 50.0 Å². The van der Waals surface area contributed by atoms with E-state index in [1.165, 1.54) is 13.4 Å². The molecule has 0 saturated carbocycles. The van der Waals surface area contributed by atoms with Crippen LogP contribution >= 0.6 is 35.6 Å². The smallest absolute Gasteiger partial charge is 0.257 e. The SMILES string of the molecule is CN[C@@H](C)C(=O)N[C@H](C(=O)N(C(=O)[C@@H]1CCCN1)c1cc2c(Nc3cc(Cl)c(OCc4ccccn4)c(Cl)c3)ncnc2cc1OC)C(C)(C)C.Cl. The Morgan fingerprint density at radius 2 is 1.81 bits per heavy atom. The van der Waals surface area contributed by atoms with E-state index in [0.717, 1.165) is 11.3 Å². The Morgan fingerprint density at radius 1 is 1.08 bits per heavy atom. The van der Waals surface area contributed by atoms with Crippen molar-refractivity contribution in [3.05, 3.63) is 70.7 Å². The summed E-state index contributed by atoms with van der Waals surface area (Å²) in [6, 6.07) is 9.80. The third kappa shape index (κ3) is 9.20. The van der Waals surface area contributed by atoms with Gasteiger partial charge in [-0.15, -0.1) is 12.4 Å². The summed E-state index contributed by atoms with van der Waals surface area (Å²) in [5.41, 5.74) is 1.09. The van der Waals surface area contributed by atoms with Crippen LogP contribution in [0.15, 0.2) is 55.0 Å². The van der Waals surface area contributed by atoms with Gasteiger partial charge in [0.2, 0.25) is 5.91 Å². The Kier molecular flexibility index (Phi) is 13.6. The number of halogens is 3. The number of ether oxygens (including phenoxy) is 2. The van der Waals surface area contributed by atoms with Gasteiger partial charge in [-0.2, -0.15) is 0 Å². The molecule has 0 bridgehead atoms. The summed E-state index contributed by atoms with van der Waals surface area (Å²) < 4.78 is 11.6. The van der Waals surface area contributed by atoms with Gasteiger partial charge in [0.05, 0.1) is 46.1 Å². The lowest BCUT2D eigenvalue weighted by atomic mass is 9.85. The molecule has 4 N–H and O–H groups in total. The molecule has 4 aromatic rings. The van der Waals surface area contributed by atoms with E-state index in [2.05, 4.69) is 36.2 Å². The first-order valence-corrected chi connectivity index (χ1v) is 17.3. The van der Waals surface area contributed by atoms with Crippen LogP contribution in [0.5, 0.6) is 11.5 Å². The average Bonchev–Trinajstić information content (AvgIpc) is 3.65. The molecule has 278 valence electrons. The van der Waals surface area contributed by atoms with Gasteiger partial charge in [0, 0.05) is 23.3 Å². The molecule has 0 aliphatic carbocycles. The molecule has 1 aliphatic heterocycles. The van der Waals surface area contributed by atoms with Crippen molar-refractivity contribution in [1.82, 2.24) is 30.9 Å². The van der Waals surface area contributed by atoms with Gasteiger partial charge < -0.3 is 30.7 Å². The van der Waals surface area contributed by atoms with Crippen LogP contribution in [0, 0.1) is 5.41 Å². The second kappa shape index (κ2) is 17.5. The van der Waals surface area contributed by atoms with Gasteiger partial charge >= 0.3 is 0 Å². The van der Waals surface area contributed by atoms with Crippen LogP contribution in [0.3, 0.4) is 0 Å². The first-order chi connectivity index (χ1) is 24.3. The maximum Gasteiger partial charge on any atom is 0.257 e. The Hall–Kier alpha value is -4.27. The number of hydrogen-bond donors (Lipinski definition) is 4. The Labute approximate surface area is 319 Å². The zero-order chi connectivity index (χ0) is 36.9. The van der Waals surface area contributed by atoms with Gasteiger partial charge in [0.1, 0.15) is 30.5 Å². The maximum atomic E-state index is 14.7. The zero-order valence-corrected chi connectivity index (χ0v) is 32.1. The van der Waals surface area contributed by atoms with E-state index in [1.54, 1.807) is 44.4 Å². The normalized spacial score (nSPS) is 15.3. The van der Waals surface area contributed by atoms with Crippen LogP contribution in [-0.4, -0.2) is 71.5 Å². The van der Waals surface area contributed by atoms with E-state index in [4.69, 9.17) is 32.7 Å². The number of nitrogens with one attached hydrogen (secondary N) is 4. The number of methoxy groups -OCH3 is 1. The van der Waals surface area contributed by atoms with Crippen LogP contribution in [0.25, 0.3) is 10.9 Å². The minimum Gasteiger partial charge on any atom is -0.494 e. The van der Waals surface area contributed by atoms with Crippen molar-refractivity contribution in [3.8, 4) is 11.5 Å². The summed E-state index contributed by atoms with van der Waals surface area (Å²) in [6.07, 6.45) is 4.36. The van der Waals surface area contributed by atoms with Crippen molar-refractivity contribution in [2.75, 3.05) is 30.9 Å². The van der Waals surface area contributed by atoms with Gasteiger partial charge in [0.15, 0.2) is 5.75 Å². The Morgan fingerprint density at radius 3 is 2.40 bits per heavy atom. The number of hydrogen-bond acceptors (Lipinski definition) is 11. The number of fused-ring (bicyclic) bond motifs is 1. The molecule has 2 aromatic carbocycles. The number of pyridine rings is 1. The van der Waals surface area contributed by atoms with E-state index >= 15 is 0 Å². The lowest BCUT2D eigenvalue weighted by molar-refractivity contribution is -0.134. The van der Waals surface area contributed by atoms with Crippen molar-refractivity contribution in [1.29, 1.82) is 0 Å². The van der Waals surface area contributed by atoms with Crippen molar-refractivity contribution < 1.29 is 23.9 Å². The highest BCUT2D eigenvalue weighted by Crippen LogP contribution is 2.40. The van der Waals surface area contributed by atoms with Gasteiger partial charge in [-0.3, -0.25) is 19.4 Å². The van der Waals surface area contributed by atoms with Gasteiger partial charge in [-0.05, 0) is 69.1 Å². The molecule has 3 atom stereocenters. The highest BCUT2D eigenvalue weighted by atomic mass is 35.5. The second-order valence-corrected chi connectivity index (χ2v) is 14.1. The Balaban J connectivity index is 0.00000605. The molecular weight excluding hydrogens is 731 g/mol. The highest BCUT2D eigenvalue weighted by Gasteiger charge is 2.42. The molecule has 5 rings (SSSR count). The number of carbonyl (C=O) groups excluding carboxylic acids is 3. The molecule has 1 fully saturated rings. The third-order valence-electron chi connectivity index (χ3n) is 8.55. The lowest BCUT2D eigenvalue weighted by Crippen LogP contribution is -2.60. The number of anilines is 3. The van der Waals surface area contributed by atoms with Crippen molar-refractivity contribution in [2.45, 2.75) is 65.3 Å². The fourth-order valence-corrected chi connectivity index (χ4v) is 6.22. The molecule has 3 amide bonds. The summed E-state index contributed by atoms with van der Waals surface area (Å²) in [7, 11) is 3.10. The van der Waals surface area contributed by atoms with E-state index < -0.39 is 35.4 Å². The summed E-state index contributed by atoms with van der Waals surface area (Å²) >= 11 is 13.2. The first kappa shape index (κ1) is 40.5. The number of rotatable bonds is 12. The van der Waals surface area contributed by atoms with E-state index in [1.807, 2.05) is 39.0 Å². The summed E-state index contributed by atoms with van der Waals surface area (Å²) in [6.45, 7) is 7.98. The Bertz CT molecular complexity index is 1880. The fourth-order valence-electron chi connectivity index (χ4n) is 5.62. The molecule has 3 heterocycles. The van der Waals surface area contributed by atoms with Gasteiger partial charge in [0.25, 0.3) is 11.8 Å². The number of imide groups is 1. The molecule has 52 heavy (non-hydrogen) atoms. The highest BCUT2D eigenvalue weighted by molar-refractivity contribution is 6.37. The number of aromatic nitrogens is 3. The lowest BCUT2D eigenvalue weighted by Gasteiger charge is -2.36. The largest absolute Gasteiger partial charge is 0.494 e. The number of amides is 3. The standard InChI is InChI=1S/C36H42Cl2N8O5.ClH/c1-20(39-5)33(47)45-31(36(2,3)4)35(49)46(34(48)26-11-9-13-41-26)28-16-23-27(17-29(28)50-6)42-19-43-32(23)44-22-14-24(37)30(25(38)15-22)51-18-21-10-7-8-12-40-21;/h7-8,10,12,14-17,19-20,26,31,39,41H,9,11,13,18H2,1-6H3,(H,45,47)(H,42,43,44);1H/t20-,26-,31+;/m0./s1. The molecule has 0 radical (unpaired) electrons. The molecule has 16 heteroatoms. The van der Waals surface area contributed by atoms with E-state index in [9.17, 15) is 14.4 Å². The van der Waals surface area contributed by atoms with Crippen LogP contribution in [0.2, 0.25) is 10.0 Å². The first-order valence-electron chi connectivity index (χ1n) is 16.5. The maximum absolute atomic E-state index is 14.7. The summed E-state index contributed by atoms with van der Waals surface area (Å²) in [4.78, 5) is 56.3. The molecule has 0 unspecified atom stereocenters. The predicted octanol–water partition coefficient (Wildman–Crippen LogP) is 5.84. The molecule has 1 aliphatic rings.